The van der Waals surface area contributed by atoms with Gasteiger partial charge in [-0.15, -0.1) is 30.4 Å². The summed E-state index contributed by atoms with van der Waals surface area (Å²) < 4.78 is 5.73. The second-order valence-electron chi connectivity index (χ2n) is 5.19. The van der Waals surface area contributed by atoms with Gasteiger partial charge in [0.1, 0.15) is 0 Å². The monoisotopic (exact) mass is 408 g/mol. The lowest BCUT2D eigenvalue weighted by atomic mass is 10.2. The van der Waals surface area contributed by atoms with Crippen molar-refractivity contribution in [3.63, 3.8) is 0 Å². The molecule has 0 aliphatic carbocycles. The number of ether oxygens (including phenoxy) is 1. The van der Waals surface area contributed by atoms with Gasteiger partial charge in [-0.05, 0) is 27.2 Å². The van der Waals surface area contributed by atoms with Gasteiger partial charge in [-0.2, -0.15) is 0 Å². The molecule has 1 aliphatic rings. The number of nitrogens with one attached hydrogen (secondary N) is 2. The number of guanidine groups is 1. The zero-order valence-corrected chi connectivity index (χ0v) is 15.7. The van der Waals surface area contributed by atoms with Gasteiger partial charge in [-0.25, -0.2) is 0 Å². The fraction of sp³-hybridized carbons (Fsp3) is 0.800. The molecule has 5 nitrogen and oxygen atoms in total. The molecule has 0 saturated carbocycles. The lowest BCUT2D eigenvalue weighted by molar-refractivity contribution is -0.0679. The Morgan fingerprint density at radius 2 is 2.00 bits per heavy atom. The van der Waals surface area contributed by atoms with E-state index in [1.54, 1.807) is 0 Å². The number of rotatable bonds is 6. The van der Waals surface area contributed by atoms with Gasteiger partial charge in [0, 0.05) is 32.7 Å². The lowest BCUT2D eigenvalue weighted by Crippen LogP contribution is -2.45. The van der Waals surface area contributed by atoms with Crippen LogP contribution in [0.3, 0.4) is 0 Å². The van der Waals surface area contributed by atoms with E-state index < -0.39 is 0 Å². The van der Waals surface area contributed by atoms with Crippen LogP contribution in [0, 0.1) is 12.3 Å². The summed E-state index contributed by atoms with van der Waals surface area (Å²) in [4.78, 5) is 6.97. The van der Waals surface area contributed by atoms with Crippen LogP contribution in [0.5, 0.6) is 0 Å². The second kappa shape index (κ2) is 12.1. The molecule has 0 aromatic heterocycles. The number of morpholine rings is 1. The van der Waals surface area contributed by atoms with E-state index in [0.29, 0.717) is 18.8 Å². The van der Waals surface area contributed by atoms with Crippen molar-refractivity contribution < 1.29 is 4.74 Å². The van der Waals surface area contributed by atoms with Crippen LogP contribution in [0.25, 0.3) is 0 Å². The third-order valence-electron chi connectivity index (χ3n) is 3.10. The van der Waals surface area contributed by atoms with Crippen molar-refractivity contribution in [2.45, 2.75) is 39.4 Å². The van der Waals surface area contributed by atoms with Crippen molar-refractivity contribution in [2.24, 2.45) is 4.99 Å². The zero-order chi connectivity index (χ0) is 14.8. The predicted octanol–water partition coefficient (Wildman–Crippen LogP) is 1.29. The summed E-state index contributed by atoms with van der Waals surface area (Å²) in [5.41, 5.74) is 0. The zero-order valence-electron chi connectivity index (χ0n) is 13.4. The second-order valence-corrected chi connectivity index (χ2v) is 5.19. The average Bonchev–Trinajstić information content (AvgIpc) is 2.39. The van der Waals surface area contributed by atoms with Crippen LogP contribution < -0.4 is 10.6 Å². The molecule has 0 radical (unpaired) electrons. The Kier molecular flexibility index (Phi) is 11.8. The Morgan fingerprint density at radius 3 is 2.57 bits per heavy atom. The number of hydrogen-bond acceptors (Lipinski definition) is 3. The summed E-state index contributed by atoms with van der Waals surface area (Å²) in [6.07, 6.45) is 6.95. The maximum Gasteiger partial charge on any atom is 0.192 e. The fourth-order valence-electron chi connectivity index (χ4n) is 2.43. The molecule has 0 spiro atoms. The van der Waals surface area contributed by atoms with Crippen LogP contribution >= 0.6 is 24.0 Å². The van der Waals surface area contributed by atoms with E-state index in [4.69, 9.17) is 11.2 Å². The standard InChI is InChI=1S/C15H28N4O.HI/c1-5-8-17-15(16-6-2)18-9-7-10-19-11-13(3)20-14(4)12-19;/h1,13-14H,6-12H2,2-4H3,(H2,16,17,18);1H. The molecule has 122 valence electrons. The first-order chi connectivity index (χ1) is 9.65. The number of terminal acetylenes is 1. The number of halogens is 1. The molecular weight excluding hydrogens is 379 g/mol. The third-order valence-corrected chi connectivity index (χ3v) is 3.10. The van der Waals surface area contributed by atoms with Crippen molar-refractivity contribution in [3.8, 4) is 12.3 Å². The summed E-state index contributed by atoms with van der Waals surface area (Å²) in [7, 11) is 0. The summed E-state index contributed by atoms with van der Waals surface area (Å²) in [5, 5.41) is 6.27. The van der Waals surface area contributed by atoms with Crippen LogP contribution in [0.15, 0.2) is 4.99 Å². The maximum atomic E-state index is 5.73. The minimum atomic E-state index is 0. The molecule has 1 heterocycles. The molecule has 0 amide bonds. The normalized spacial score (nSPS) is 23.0. The summed E-state index contributed by atoms with van der Waals surface area (Å²) in [6, 6.07) is 0. The summed E-state index contributed by atoms with van der Waals surface area (Å²) >= 11 is 0. The number of hydrogen-bond donors (Lipinski definition) is 2. The minimum Gasteiger partial charge on any atom is -0.373 e. The van der Waals surface area contributed by atoms with Crippen molar-refractivity contribution in [1.29, 1.82) is 0 Å². The molecule has 2 atom stereocenters. The molecule has 0 aromatic rings. The first kappa shape index (κ1) is 20.5. The van der Waals surface area contributed by atoms with E-state index in [9.17, 15) is 0 Å². The van der Waals surface area contributed by atoms with Gasteiger partial charge in [0.25, 0.3) is 0 Å². The highest BCUT2D eigenvalue weighted by atomic mass is 127. The van der Waals surface area contributed by atoms with Gasteiger partial charge in [0.2, 0.25) is 0 Å². The molecule has 0 aromatic carbocycles. The van der Waals surface area contributed by atoms with Crippen LogP contribution in [0.4, 0.5) is 0 Å². The van der Waals surface area contributed by atoms with Crippen LogP contribution in [0.1, 0.15) is 27.2 Å². The maximum absolute atomic E-state index is 5.73. The van der Waals surface area contributed by atoms with Crippen molar-refractivity contribution in [1.82, 2.24) is 15.5 Å². The average molecular weight is 408 g/mol. The van der Waals surface area contributed by atoms with Crippen LogP contribution in [-0.2, 0) is 4.74 Å². The number of nitrogens with zero attached hydrogens (tertiary/aromatic N) is 2. The van der Waals surface area contributed by atoms with Gasteiger partial charge in [-0.3, -0.25) is 9.89 Å². The van der Waals surface area contributed by atoms with Crippen LogP contribution in [0.2, 0.25) is 0 Å². The summed E-state index contributed by atoms with van der Waals surface area (Å²) in [6.45, 7) is 11.6. The van der Waals surface area contributed by atoms with Crippen LogP contribution in [-0.4, -0.2) is 62.3 Å². The smallest absolute Gasteiger partial charge is 0.192 e. The van der Waals surface area contributed by atoms with Crippen molar-refractivity contribution >= 4 is 29.9 Å². The molecular formula is C15H29IN4O. The Balaban J connectivity index is 0.00000400. The highest BCUT2D eigenvalue weighted by Crippen LogP contribution is 2.10. The highest BCUT2D eigenvalue weighted by molar-refractivity contribution is 14.0. The molecule has 2 unspecified atom stereocenters. The predicted molar refractivity (Wildman–Crippen MR) is 99.3 cm³/mol. The molecule has 1 saturated heterocycles. The third kappa shape index (κ3) is 9.17. The van der Waals surface area contributed by atoms with E-state index in [0.717, 1.165) is 45.1 Å². The van der Waals surface area contributed by atoms with Crippen molar-refractivity contribution in [2.75, 3.05) is 39.3 Å². The van der Waals surface area contributed by atoms with E-state index in [1.165, 1.54) is 0 Å². The SMILES string of the molecule is C#CCNC(=NCCCN1CC(C)OC(C)C1)NCC.I. The van der Waals surface area contributed by atoms with Gasteiger partial charge >= 0.3 is 0 Å². The molecule has 1 fully saturated rings. The molecule has 1 rings (SSSR count). The van der Waals surface area contributed by atoms with E-state index in [-0.39, 0.29) is 24.0 Å². The molecule has 2 N–H and O–H groups in total. The Bertz CT molecular complexity index is 333. The van der Waals surface area contributed by atoms with Gasteiger partial charge in [0.05, 0.1) is 18.8 Å². The largest absolute Gasteiger partial charge is 0.373 e. The number of aliphatic imine (C=N–C) groups is 1. The quantitative estimate of drug-likeness (QED) is 0.229. The molecule has 6 heteroatoms. The lowest BCUT2D eigenvalue weighted by Gasteiger charge is -2.35. The highest BCUT2D eigenvalue weighted by Gasteiger charge is 2.21. The van der Waals surface area contributed by atoms with Gasteiger partial charge < -0.3 is 15.4 Å². The fourth-order valence-corrected chi connectivity index (χ4v) is 2.43. The van der Waals surface area contributed by atoms with Crippen molar-refractivity contribution in [3.05, 3.63) is 0 Å². The van der Waals surface area contributed by atoms with Gasteiger partial charge in [-0.1, -0.05) is 5.92 Å². The summed E-state index contributed by atoms with van der Waals surface area (Å²) in [5.74, 6) is 3.35. The molecule has 1 aliphatic heterocycles. The van der Waals surface area contributed by atoms with E-state index >= 15 is 0 Å². The minimum absolute atomic E-state index is 0. The van der Waals surface area contributed by atoms with E-state index in [2.05, 4.69) is 40.3 Å². The Labute approximate surface area is 146 Å². The Morgan fingerprint density at radius 1 is 1.33 bits per heavy atom. The molecule has 0 bridgehead atoms. The first-order valence-corrected chi connectivity index (χ1v) is 7.49. The molecule has 21 heavy (non-hydrogen) atoms. The Hall–Kier alpha value is -0.520. The van der Waals surface area contributed by atoms with E-state index in [1.807, 2.05) is 6.92 Å². The first-order valence-electron chi connectivity index (χ1n) is 7.49. The van der Waals surface area contributed by atoms with Gasteiger partial charge in [0.15, 0.2) is 5.96 Å². The topological polar surface area (TPSA) is 48.9 Å².